The van der Waals surface area contributed by atoms with E-state index in [2.05, 4.69) is 17.1 Å². The standard InChI is InChI=1S/C15H19N3O3/c1-2-3-9-20-10-11-21-15(19)14-12-16-18(17-14)13-7-5-4-6-8-13/h4-8,12H,2-3,9-11H2,1H3. The van der Waals surface area contributed by atoms with E-state index in [-0.39, 0.29) is 12.3 Å². The number of unbranched alkanes of at least 4 members (excludes halogenated alkanes) is 1. The van der Waals surface area contributed by atoms with Crippen molar-refractivity contribution in [3.8, 4) is 5.69 Å². The molecule has 0 aliphatic carbocycles. The number of ether oxygens (including phenoxy) is 2. The summed E-state index contributed by atoms with van der Waals surface area (Å²) in [5.41, 5.74) is 0.979. The highest BCUT2D eigenvalue weighted by Crippen LogP contribution is 2.05. The molecule has 0 unspecified atom stereocenters. The molecule has 6 nitrogen and oxygen atoms in total. The van der Waals surface area contributed by atoms with Crippen LogP contribution in [-0.4, -0.2) is 40.8 Å². The molecule has 0 saturated heterocycles. The lowest BCUT2D eigenvalue weighted by Gasteiger charge is -2.04. The molecule has 1 heterocycles. The number of nitrogens with zero attached hydrogens (tertiary/aromatic N) is 3. The van der Waals surface area contributed by atoms with Crippen molar-refractivity contribution in [1.29, 1.82) is 0 Å². The SMILES string of the molecule is CCCCOCCOC(=O)c1cnn(-c2ccccc2)n1. The average Bonchev–Trinajstić information content (AvgIpc) is 3.01. The molecule has 2 rings (SSSR count). The Morgan fingerprint density at radius 2 is 2.00 bits per heavy atom. The summed E-state index contributed by atoms with van der Waals surface area (Å²) in [6.07, 6.45) is 3.50. The van der Waals surface area contributed by atoms with Crippen LogP contribution in [0.4, 0.5) is 0 Å². The number of esters is 1. The van der Waals surface area contributed by atoms with Crippen molar-refractivity contribution >= 4 is 5.97 Å². The van der Waals surface area contributed by atoms with Gasteiger partial charge in [-0.1, -0.05) is 31.5 Å². The summed E-state index contributed by atoms with van der Waals surface area (Å²) in [6.45, 7) is 3.41. The van der Waals surface area contributed by atoms with E-state index in [4.69, 9.17) is 9.47 Å². The van der Waals surface area contributed by atoms with E-state index in [0.717, 1.165) is 18.5 Å². The third-order valence-electron chi connectivity index (χ3n) is 2.79. The predicted molar refractivity (Wildman–Crippen MR) is 77.4 cm³/mol. The van der Waals surface area contributed by atoms with Crippen LogP contribution in [0, 0.1) is 0 Å². The molecule has 0 amide bonds. The van der Waals surface area contributed by atoms with Crippen molar-refractivity contribution < 1.29 is 14.3 Å². The quantitative estimate of drug-likeness (QED) is 0.551. The summed E-state index contributed by atoms with van der Waals surface area (Å²) in [5.74, 6) is -0.490. The van der Waals surface area contributed by atoms with E-state index in [1.165, 1.54) is 11.0 Å². The molecule has 0 spiro atoms. The van der Waals surface area contributed by atoms with Gasteiger partial charge in [-0.05, 0) is 18.6 Å². The topological polar surface area (TPSA) is 66.2 Å². The van der Waals surface area contributed by atoms with Gasteiger partial charge >= 0.3 is 5.97 Å². The van der Waals surface area contributed by atoms with Gasteiger partial charge in [0.15, 0.2) is 5.69 Å². The maximum Gasteiger partial charge on any atom is 0.360 e. The largest absolute Gasteiger partial charge is 0.458 e. The Balaban J connectivity index is 1.80. The zero-order valence-electron chi connectivity index (χ0n) is 12.1. The first kappa shape index (κ1) is 15.2. The van der Waals surface area contributed by atoms with Gasteiger partial charge in [0.1, 0.15) is 6.61 Å². The van der Waals surface area contributed by atoms with Crippen molar-refractivity contribution in [2.45, 2.75) is 19.8 Å². The smallest absolute Gasteiger partial charge is 0.360 e. The van der Waals surface area contributed by atoms with Crippen LogP contribution in [0.15, 0.2) is 36.5 Å². The van der Waals surface area contributed by atoms with Crippen molar-refractivity contribution in [1.82, 2.24) is 15.0 Å². The number of aromatic nitrogens is 3. The number of hydrogen-bond acceptors (Lipinski definition) is 5. The van der Waals surface area contributed by atoms with Crippen molar-refractivity contribution in [2.75, 3.05) is 19.8 Å². The Labute approximate surface area is 123 Å². The number of hydrogen-bond donors (Lipinski definition) is 0. The minimum Gasteiger partial charge on any atom is -0.458 e. The molecule has 21 heavy (non-hydrogen) atoms. The molecule has 112 valence electrons. The number of rotatable bonds is 8. The molecular formula is C15H19N3O3. The van der Waals surface area contributed by atoms with Gasteiger partial charge in [0.05, 0.1) is 18.5 Å². The summed E-state index contributed by atoms with van der Waals surface area (Å²) < 4.78 is 10.4. The Morgan fingerprint density at radius 1 is 1.19 bits per heavy atom. The molecule has 0 N–H and O–H groups in total. The fourth-order valence-corrected chi connectivity index (χ4v) is 1.66. The number of para-hydroxylation sites is 1. The van der Waals surface area contributed by atoms with Crippen molar-refractivity contribution in [3.63, 3.8) is 0 Å². The van der Waals surface area contributed by atoms with Crippen LogP contribution in [0.1, 0.15) is 30.3 Å². The van der Waals surface area contributed by atoms with Gasteiger partial charge < -0.3 is 9.47 Å². The monoisotopic (exact) mass is 289 g/mol. The Morgan fingerprint density at radius 3 is 2.76 bits per heavy atom. The van der Waals surface area contributed by atoms with E-state index < -0.39 is 5.97 Å². The van der Waals surface area contributed by atoms with Crippen LogP contribution in [0.2, 0.25) is 0 Å². The third-order valence-corrected chi connectivity index (χ3v) is 2.79. The second-order valence-electron chi connectivity index (χ2n) is 4.46. The van der Waals surface area contributed by atoms with E-state index >= 15 is 0 Å². The Kier molecular flexibility index (Phi) is 5.90. The van der Waals surface area contributed by atoms with Gasteiger partial charge in [0.25, 0.3) is 0 Å². The number of benzene rings is 1. The van der Waals surface area contributed by atoms with Gasteiger partial charge in [0.2, 0.25) is 0 Å². The van der Waals surface area contributed by atoms with E-state index in [1.54, 1.807) is 0 Å². The molecule has 6 heteroatoms. The first-order valence-electron chi connectivity index (χ1n) is 7.04. The minimum absolute atomic E-state index is 0.187. The summed E-state index contributed by atoms with van der Waals surface area (Å²) in [4.78, 5) is 13.2. The highest BCUT2D eigenvalue weighted by atomic mass is 16.6. The zero-order valence-corrected chi connectivity index (χ0v) is 12.1. The molecule has 0 radical (unpaired) electrons. The second-order valence-corrected chi connectivity index (χ2v) is 4.46. The maximum absolute atomic E-state index is 11.8. The summed E-state index contributed by atoms with van der Waals surface area (Å²) in [7, 11) is 0. The van der Waals surface area contributed by atoms with Crippen LogP contribution < -0.4 is 0 Å². The third kappa shape index (κ3) is 4.68. The van der Waals surface area contributed by atoms with Crippen LogP contribution in [-0.2, 0) is 9.47 Å². The van der Waals surface area contributed by atoms with Crippen LogP contribution in [0.5, 0.6) is 0 Å². The molecule has 0 bridgehead atoms. The Hall–Kier alpha value is -2.21. The van der Waals surface area contributed by atoms with Crippen LogP contribution in [0.25, 0.3) is 5.69 Å². The lowest BCUT2D eigenvalue weighted by Crippen LogP contribution is -2.12. The maximum atomic E-state index is 11.8. The fraction of sp³-hybridized carbons (Fsp3) is 0.400. The van der Waals surface area contributed by atoms with E-state index in [0.29, 0.717) is 13.2 Å². The molecule has 0 saturated carbocycles. The Bertz CT molecular complexity index is 554. The van der Waals surface area contributed by atoms with E-state index in [9.17, 15) is 4.79 Å². The molecule has 0 fully saturated rings. The summed E-state index contributed by atoms with van der Waals surface area (Å²) >= 11 is 0. The van der Waals surface area contributed by atoms with Crippen molar-refractivity contribution in [2.24, 2.45) is 0 Å². The molecular weight excluding hydrogens is 270 g/mol. The lowest BCUT2D eigenvalue weighted by molar-refractivity contribution is 0.0307. The van der Waals surface area contributed by atoms with Gasteiger partial charge in [0, 0.05) is 6.61 Å². The minimum atomic E-state index is -0.490. The van der Waals surface area contributed by atoms with Crippen LogP contribution >= 0.6 is 0 Å². The molecule has 0 atom stereocenters. The first-order chi connectivity index (χ1) is 10.3. The summed E-state index contributed by atoms with van der Waals surface area (Å²) in [5, 5.41) is 8.15. The normalized spacial score (nSPS) is 10.5. The second kappa shape index (κ2) is 8.16. The molecule has 1 aromatic heterocycles. The van der Waals surface area contributed by atoms with Gasteiger partial charge in [-0.15, -0.1) is 5.10 Å². The molecule has 0 aliphatic heterocycles. The summed E-state index contributed by atoms with van der Waals surface area (Å²) in [6, 6.07) is 9.38. The predicted octanol–water partition coefficient (Wildman–Crippen LogP) is 2.24. The lowest BCUT2D eigenvalue weighted by atomic mass is 10.3. The van der Waals surface area contributed by atoms with E-state index in [1.807, 2.05) is 30.3 Å². The molecule has 0 aliphatic rings. The fourth-order valence-electron chi connectivity index (χ4n) is 1.66. The van der Waals surface area contributed by atoms with Gasteiger partial charge in [-0.25, -0.2) is 4.79 Å². The molecule has 2 aromatic rings. The van der Waals surface area contributed by atoms with Crippen molar-refractivity contribution in [3.05, 3.63) is 42.2 Å². The molecule has 1 aromatic carbocycles. The van der Waals surface area contributed by atoms with Crippen LogP contribution in [0.3, 0.4) is 0 Å². The first-order valence-corrected chi connectivity index (χ1v) is 7.04. The highest BCUT2D eigenvalue weighted by Gasteiger charge is 2.12. The highest BCUT2D eigenvalue weighted by molar-refractivity contribution is 5.86. The average molecular weight is 289 g/mol. The van der Waals surface area contributed by atoms with Gasteiger partial charge in [-0.3, -0.25) is 0 Å². The zero-order chi connectivity index (χ0) is 14.9. The number of carbonyl (C=O) groups is 1. The number of carbonyl (C=O) groups excluding carboxylic acids is 1. The van der Waals surface area contributed by atoms with Gasteiger partial charge in [-0.2, -0.15) is 9.90 Å².